The highest BCUT2D eigenvalue weighted by atomic mass is 16.5. The third kappa shape index (κ3) is 4.05. The van der Waals surface area contributed by atoms with Crippen LogP contribution in [0.4, 0.5) is 0 Å². The van der Waals surface area contributed by atoms with Crippen molar-refractivity contribution in [2.45, 2.75) is 6.92 Å². The van der Waals surface area contributed by atoms with Gasteiger partial charge >= 0.3 is 0 Å². The summed E-state index contributed by atoms with van der Waals surface area (Å²) in [6, 6.07) is 12.6. The number of ketones is 1. The summed E-state index contributed by atoms with van der Waals surface area (Å²) in [6.45, 7) is 3.10. The van der Waals surface area contributed by atoms with E-state index in [1.165, 1.54) is 24.4 Å². The molecule has 9 heteroatoms. The molecule has 4 heterocycles. The topological polar surface area (TPSA) is 109 Å². The second-order valence-electron chi connectivity index (χ2n) is 8.32. The van der Waals surface area contributed by atoms with Gasteiger partial charge in [0.1, 0.15) is 17.2 Å². The number of carbonyl (C=O) groups is 3. The first-order valence-electron chi connectivity index (χ1n) is 11.3. The van der Waals surface area contributed by atoms with Crippen molar-refractivity contribution in [3.8, 4) is 17.2 Å². The number of ether oxygens (including phenoxy) is 1. The number of H-pyrrole nitrogens is 1. The molecule has 0 aliphatic carbocycles. The van der Waals surface area contributed by atoms with Crippen LogP contribution in [0.3, 0.4) is 0 Å². The number of nitrogens with zero attached hydrogens (tertiary/aromatic N) is 3. The van der Waals surface area contributed by atoms with Crippen LogP contribution in [0.5, 0.6) is 5.75 Å². The first-order valence-corrected chi connectivity index (χ1v) is 11.3. The molecule has 1 aliphatic rings. The molecule has 5 rings (SSSR count). The maximum absolute atomic E-state index is 13.3. The van der Waals surface area contributed by atoms with Gasteiger partial charge in [0.05, 0.1) is 29.8 Å². The van der Waals surface area contributed by atoms with Crippen molar-refractivity contribution in [3.63, 3.8) is 0 Å². The van der Waals surface area contributed by atoms with Gasteiger partial charge in [-0.05, 0) is 31.2 Å². The Labute approximate surface area is 201 Å². The lowest BCUT2D eigenvalue weighted by molar-refractivity contribution is -0.127. The minimum atomic E-state index is -0.648. The molecule has 1 fully saturated rings. The maximum Gasteiger partial charge on any atom is 0.295 e. The number of carbonyl (C=O) groups excluding carboxylic acids is 3. The van der Waals surface area contributed by atoms with Gasteiger partial charge in [-0.2, -0.15) is 0 Å². The number of rotatable bonds is 5. The zero-order valence-corrected chi connectivity index (χ0v) is 19.4. The van der Waals surface area contributed by atoms with Gasteiger partial charge in [-0.15, -0.1) is 0 Å². The van der Waals surface area contributed by atoms with Gasteiger partial charge < -0.3 is 23.9 Å². The van der Waals surface area contributed by atoms with Gasteiger partial charge in [0.2, 0.25) is 0 Å². The number of furan rings is 1. The summed E-state index contributed by atoms with van der Waals surface area (Å²) in [4.78, 5) is 49.8. The van der Waals surface area contributed by atoms with Crippen LogP contribution >= 0.6 is 0 Å². The van der Waals surface area contributed by atoms with Crippen LogP contribution in [0, 0.1) is 6.92 Å². The average molecular weight is 473 g/mol. The molecule has 0 unspecified atom stereocenters. The molecule has 2 amide bonds. The second kappa shape index (κ2) is 9.09. The Morgan fingerprint density at radius 2 is 1.71 bits per heavy atom. The van der Waals surface area contributed by atoms with Gasteiger partial charge in [0.15, 0.2) is 5.76 Å². The number of piperazine rings is 1. The molecule has 4 aromatic rings. The highest BCUT2D eigenvalue weighted by Gasteiger charge is 2.31. The molecule has 1 aromatic carbocycles. The number of hydrogen-bond donors (Lipinski definition) is 1. The van der Waals surface area contributed by atoms with Crippen LogP contribution in [0.15, 0.2) is 59.3 Å². The molecule has 0 spiro atoms. The Hall–Kier alpha value is -4.40. The first kappa shape index (κ1) is 22.4. The van der Waals surface area contributed by atoms with Crippen LogP contribution in [-0.4, -0.2) is 70.7 Å². The number of methoxy groups -OCH3 is 1. The number of hydrogen-bond acceptors (Lipinski definition) is 6. The number of aromatic nitrogens is 2. The summed E-state index contributed by atoms with van der Waals surface area (Å²) in [7, 11) is 1.49. The van der Waals surface area contributed by atoms with Crippen LogP contribution in [0.25, 0.3) is 22.4 Å². The molecule has 1 saturated heterocycles. The molecule has 178 valence electrons. The van der Waals surface area contributed by atoms with Crippen molar-refractivity contribution in [1.82, 2.24) is 19.8 Å². The van der Waals surface area contributed by atoms with Crippen LogP contribution in [-0.2, 0) is 4.79 Å². The van der Waals surface area contributed by atoms with E-state index >= 15 is 0 Å². The van der Waals surface area contributed by atoms with Crippen LogP contribution in [0.1, 0.15) is 26.5 Å². The molecule has 0 bridgehead atoms. The van der Waals surface area contributed by atoms with E-state index < -0.39 is 11.7 Å². The predicted molar refractivity (Wildman–Crippen MR) is 128 cm³/mol. The van der Waals surface area contributed by atoms with Crippen molar-refractivity contribution in [2.75, 3.05) is 33.3 Å². The Morgan fingerprint density at radius 1 is 1.00 bits per heavy atom. The van der Waals surface area contributed by atoms with E-state index in [-0.39, 0.29) is 24.6 Å². The molecule has 1 N–H and O–H groups in total. The van der Waals surface area contributed by atoms with Crippen molar-refractivity contribution in [1.29, 1.82) is 0 Å². The van der Waals surface area contributed by atoms with Crippen molar-refractivity contribution in [2.24, 2.45) is 0 Å². The third-order valence-electron chi connectivity index (χ3n) is 6.18. The number of fused-ring (bicyclic) bond motifs is 1. The quantitative estimate of drug-likeness (QED) is 0.353. The fourth-order valence-corrected chi connectivity index (χ4v) is 4.34. The van der Waals surface area contributed by atoms with E-state index in [0.717, 1.165) is 5.76 Å². The number of pyridine rings is 1. The van der Waals surface area contributed by atoms with Gasteiger partial charge in [0.25, 0.3) is 17.6 Å². The molecular weight excluding hydrogens is 448 g/mol. The molecule has 3 aromatic heterocycles. The van der Waals surface area contributed by atoms with E-state index in [1.807, 2.05) is 31.2 Å². The van der Waals surface area contributed by atoms with Crippen molar-refractivity contribution < 1.29 is 23.5 Å². The van der Waals surface area contributed by atoms with Gasteiger partial charge in [-0.1, -0.05) is 18.2 Å². The van der Waals surface area contributed by atoms with E-state index in [4.69, 9.17) is 9.15 Å². The van der Waals surface area contributed by atoms with E-state index in [0.29, 0.717) is 46.8 Å². The highest BCUT2D eigenvalue weighted by Crippen LogP contribution is 2.35. The fourth-order valence-electron chi connectivity index (χ4n) is 4.34. The van der Waals surface area contributed by atoms with E-state index in [9.17, 15) is 14.4 Å². The standard InChI is InChI=1S/C26H24N4O5/c1-16-8-9-19(35-16)22-23-21(20(34-2)15-28-22)18(14-27-23)24(31)26(33)30-12-10-29(11-13-30)25(32)17-6-4-3-5-7-17/h3-9,14-15,27H,10-13H2,1-2H3. The van der Waals surface area contributed by atoms with E-state index in [1.54, 1.807) is 23.1 Å². The minimum Gasteiger partial charge on any atom is -0.494 e. The lowest BCUT2D eigenvalue weighted by Gasteiger charge is -2.34. The molecule has 35 heavy (non-hydrogen) atoms. The lowest BCUT2D eigenvalue weighted by Crippen LogP contribution is -2.52. The SMILES string of the molecule is COc1cnc(-c2ccc(C)o2)c2[nH]cc(C(=O)C(=O)N3CCN(C(=O)c4ccccc4)CC3)c12. The molecule has 0 atom stereocenters. The molecule has 0 saturated carbocycles. The monoisotopic (exact) mass is 472 g/mol. The van der Waals surface area contributed by atoms with Crippen molar-refractivity contribution >= 4 is 28.5 Å². The summed E-state index contributed by atoms with van der Waals surface area (Å²) >= 11 is 0. The summed E-state index contributed by atoms with van der Waals surface area (Å²) in [6.07, 6.45) is 3.02. The number of aromatic amines is 1. The Balaban J connectivity index is 1.37. The molecule has 0 radical (unpaired) electrons. The first-order chi connectivity index (χ1) is 17.0. The molecular formula is C26H24N4O5. The van der Waals surface area contributed by atoms with Gasteiger partial charge in [-0.3, -0.25) is 14.4 Å². The summed E-state index contributed by atoms with van der Waals surface area (Å²) in [5, 5.41) is 0.475. The minimum absolute atomic E-state index is 0.0846. The Kier molecular flexibility index (Phi) is 5.82. The zero-order valence-electron chi connectivity index (χ0n) is 19.4. The summed E-state index contributed by atoms with van der Waals surface area (Å²) < 4.78 is 11.2. The molecule has 1 aliphatic heterocycles. The smallest absolute Gasteiger partial charge is 0.295 e. The highest BCUT2D eigenvalue weighted by molar-refractivity contribution is 6.45. The fraction of sp³-hybridized carbons (Fsp3) is 0.231. The largest absolute Gasteiger partial charge is 0.494 e. The number of benzene rings is 1. The summed E-state index contributed by atoms with van der Waals surface area (Å²) in [5.41, 5.74) is 1.88. The number of nitrogens with one attached hydrogen (secondary N) is 1. The van der Waals surface area contributed by atoms with E-state index in [2.05, 4.69) is 9.97 Å². The van der Waals surface area contributed by atoms with Crippen LogP contribution in [0.2, 0.25) is 0 Å². The van der Waals surface area contributed by atoms with Gasteiger partial charge in [0, 0.05) is 37.9 Å². The zero-order chi connectivity index (χ0) is 24.5. The second-order valence-corrected chi connectivity index (χ2v) is 8.32. The lowest BCUT2D eigenvalue weighted by atomic mass is 10.1. The number of aryl methyl sites for hydroxylation is 1. The molecule has 9 nitrogen and oxygen atoms in total. The Morgan fingerprint density at radius 3 is 2.37 bits per heavy atom. The van der Waals surface area contributed by atoms with Gasteiger partial charge in [-0.25, -0.2) is 4.98 Å². The normalized spacial score (nSPS) is 13.8. The third-order valence-corrected chi connectivity index (χ3v) is 6.18. The Bertz CT molecular complexity index is 1410. The number of Topliss-reactive ketones (excluding diaryl/α,β-unsaturated/α-hetero) is 1. The van der Waals surface area contributed by atoms with Crippen LogP contribution < -0.4 is 4.74 Å². The van der Waals surface area contributed by atoms with Crippen molar-refractivity contribution in [3.05, 3.63) is 71.7 Å². The number of amides is 2. The average Bonchev–Trinajstić information content (AvgIpc) is 3.54. The maximum atomic E-state index is 13.3. The predicted octanol–water partition coefficient (Wildman–Crippen LogP) is 3.31. The summed E-state index contributed by atoms with van der Waals surface area (Å²) in [5.74, 6) is 0.300.